The van der Waals surface area contributed by atoms with Crippen molar-refractivity contribution in [1.29, 1.82) is 0 Å². The van der Waals surface area contributed by atoms with Crippen molar-refractivity contribution in [3.05, 3.63) is 29.5 Å². The largest absolute Gasteiger partial charge is 0.508 e. The van der Waals surface area contributed by atoms with E-state index in [0.29, 0.717) is 29.8 Å². The highest BCUT2D eigenvalue weighted by Gasteiger charge is 2.57. The van der Waals surface area contributed by atoms with Gasteiger partial charge in [0, 0.05) is 53.7 Å². The average molecular weight is 328 g/mol. The molecule has 3 saturated heterocycles. The van der Waals surface area contributed by atoms with Gasteiger partial charge in [-0.2, -0.15) is 0 Å². The van der Waals surface area contributed by atoms with Gasteiger partial charge in [-0.3, -0.25) is 4.90 Å². The van der Waals surface area contributed by atoms with Crippen LogP contribution < -0.4 is 0 Å². The van der Waals surface area contributed by atoms with E-state index in [1.54, 1.807) is 6.07 Å². The number of aromatic nitrogens is 1. The quantitative estimate of drug-likeness (QED) is 0.677. The maximum absolute atomic E-state index is 10.0. The summed E-state index contributed by atoms with van der Waals surface area (Å²) in [5.41, 5.74) is 3.66. The first-order chi connectivity index (χ1) is 11.6. The van der Waals surface area contributed by atoms with Gasteiger partial charge in [-0.15, -0.1) is 0 Å². The van der Waals surface area contributed by atoms with Crippen LogP contribution in [0.3, 0.4) is 0 Å². The van der Waals surface area contributed by atoms with Gasteiger partial charge in [0.25, 0.3) is 0 Å². The first-order valence-corrected chi connectivity index (χ1v) is 8.96. The molecule has 2 aromatic rings. The van der Waals surface area contributed by atoms with E-state index in [0.717, 1.165) is 23.7 Å². The molecule has 0 spiro atoms. The van der Waals surface area contributed by atoms with E-state index in [-0.39, 0.29) is 25.0 Å². The van der Waals surface area contributed by atoms with E-state index in [1.165, 1.54) is 11.3 Å². The highest BCUT2D eigenvalue weighted by molar-refractivity contribution is 5.86. The zero-order valence-corrected chi connectivity index (χ0v) is 13.8. The fourth-order valence-electron chi connectivity index (χ4n) is 5.99. The monoisotopic (exact) mass is 328 g/mol. The zero-order valence-electron chi connectivity index (χ0n) is 13.8. The van der Waals surface area contributed by atoms with Crippen LogP contribution in [0.1, 0.15) is 30.6 Å². The van der Waals surface area contributed by atoms with Crippen LogP contribution in [0.25, 0.3) is 10.9 Å². The third kappa shape index (κ3) is 1.70. The molecule has 3 fully saturated rings. The molecule has 6 rings (SSSR count). The number of benzene rings is 1. The van der Waals surface area contributed by atoms with Gasteiger partial charge in [0.15, 0.2) is 0 Å². The SMILES string of the molecule is C[C@H]1[C@H](CO)[C@H]2C[C@H]3c4[nH]c5ccc(O)cc5c4C[C@@H]([C@@H]2CO)N31. The molecule has 5 heterocycles. The molecule has 0 radical (unpaired) electrons. The highest BCUT2D eigenvalue weighted by atomic mass is 16.3. The summed E-state index contributed by atoms with van der Waals surface area (Å²) in [5.74, 6) is 1.16. The van der Waals surface area contributed by atoms with Crippen LogP contribution in [0.15, 0.2) is 18.2 Å². The van der Waals surface area contributed by atoms with Crippen LogP contribution in [-0.4, -0.2) is 50.5 Å². The van der Waals surface area contributed by atoms with Crippen LogP contribution in [0, 0.1) is 17.8 Å². The van der Waals surface area contributed by atoms with Crippen LogP contribution in [0.5, 0.6) is 5.75 Å². The van der Waals surface area contributed by atoms with Gasteiger partial charge in [-0.1, -0.05) is 0 Å². The Morgan fingerprint density at radius 3 is 2.75 bits per heavy atom. The highest BCUT2D eigenvalue weighted by Crippen LogP contribution is 2.56. The molecule has 24 heavy (non-hydrogen) atoms. The molecular formula is C19H24N2O3. The third-order valence-corrected chi connectivity index (χ3v) is 7.01. The summed E-state index contributed by atoms with van der Waals surface area (Å²) >= 11 is 0. The van der Waals surface area contributed by atoms with Gasteiger partial charge >= 0.3 is 0 Å². The number of aromatic amines is 1. The van der Waals surface area contributed by atoms with Crippen LogP contribution >= 0.6 is 0 Å². The van der Waals surface area contributed by atoms with Crippen molar-refractivity contribution < 1.29 is 15.3 Å². The Hall–Kier alpha value is -1.56. The molecular weight excluding hydrogens is 304 g/mol. The number of aromatic hydroxyl groups is 1. The molecule has 5 nitrogen and oxygen atoms in total. The van der Waals surface area contributed by atoms with E-state index in [4.69, 9.17) is 0 Å². The van der Waals surface area contributed by atoms with Gasteiger partial charge in [-0.25, -0.2) is 0 Å². The predicted molar refractivity (Wildman–Crippen MR) is 90.8 cm³/mol. The Morgan fingerprint density at radius 1 is 1.21 bits per heavy atom. The minimum atomic E-state index is 0.185. The summed E-state index contributed by atoms with van der Waals surface area (Å²) in [4.78, 5) is 6.13. The summed E-state index contributed by atoms with van der Waals surface area (Å²) in [6, 6.07) is 6.52. The van der Waals surface area contributed by atoms with E-state index >= 15 is 0 Å². The molecule has 4 N–H and O–H groups in total. The third-order valence-electron chi connectivity index (χ3n) is 7.01. The van der Waals surface area contributed by atoms with E-state index < -0.39 is 0 Å². The lowest BCUT2D eigenvalue weighted by atomic mass is 9.60. The second-order valence-electron chi connectivity index (χ2n) is 7.81. The first kappa shape index (κ1) is 14.8. The van der Waals surface area contributed by atoms with Gasteiger partial charge in [-0.05, 0) is 49.4 Å². The second kappa shape index (κ2) is 4.97. The Kier molecular flexibility index (Phi) is 3.06. The van der Waals surface area contributed by atoms with E-state index in [2.05, 4.69) is 16.8 Å². The summed E-state index contributed by atoms with van der Waals surface area (Å²) in [5, 5.41) is 30.9. The molecule has 128 valence electrons. The Bertz CT molecular complexity index is 801. The summed E-state index contributed by atoms with van der Waals surface area (Å²) in [6.45, 7) is 2.61. The number of fused-ring (bicyclic) bond motifs is 4. The Labute approximate surface area is 140 Å². The average Bonchev–Trinajstić information content (AvgIpc) is 2.93. The minimum Gasteiger partial charge on any atom is -0.508 e. The molecule has 1 unspecified atom stereocenters. The maximum Gasteiger partial charge on any atom is 0.116 e. The zero-order chi connectivity index (χ0) is 16.6. The Balaban J connectivity index is 1.68. The lowest BCUT2D eigenvalue weighted by Gasteiger charge is -2.63. The van der Waals surface area contributed by atoms with E-state index in [1.807, 2.05) is 12.1 Å². The van der Waals surface area contributed by atoms with Crippen LogP contribution in [0.2, 0.25) is 0 Å². The lowest BCUT2D eigenvalue weighted by Crippen LogP contribution is -2.67. The molecule has 1 aromatic heterocycles. The van der Waals surface area contributed by atoms with E-state index in [9.17, 15) is 15.3 Å². The molecule has 1 aromatic carbocycles. The smallest absolute Gasteiger partial charge is 0.116 e. The number of hydrogen-bond acceptors (Lipinski definition) is 4. The van der Waals surface area contributed by atoms with Gasteiger partial charge in [0.05, 0.1) is 6.04 Å². The number of phenolic OH excluding ortho intramolecular Hbond substituents is 1. The number of rotatable bonds is 2. The van der Waals surface area contributed by atoms with Crippen molar-refractivity contribution in [2.45, 2.75) is 37.9 Å². The molecule has 4 aliphatic rings. The number of aliphatic hydroxyl groups excluding tert-OH is 2. The predicted octanol–water partition coefficient (Wildman–Crippen LogP) is 1.78. The van der Waals surface area contributed by atoms with Gasteiger partial charge in [0.1, 0.15) is 5.75 Å². The van der Waals surface area contributed by atoms with Crippen molar-refractivity contribution in [3.8, 4) is 5.75 Å². The molecule has 5 heteroatoms. The molecule has 4 bridgehead atoms. The van der Waals surface area contributed by atoms with Gasteiger partial charge in [0.2, 0.25) is 0 Å². The maximum atomic E-state index is 10.0. The van der Waals surface area contributed by atoms with Gasteiger partial charge < -0.3 is 20.3 Å². The van der Waals surface area contributed by atoms with Crippen LogP contribution in [0.4, 0.5) is 0 Å². The summed E-state index contributed by atoms with van der Waals surface area (Å²) < 4.78 is 0. The molecule has 0 aliphatic carbocycles. The number of nitrogens with one attached hydrogen (secondary N) is 1. The number of aliphatic hydroxyl groups is 2. The van der Waals surface area contributed by atoms with Crippen molar-refractivity contribution in [2.75, 3.05) is 13.2 Å². The summed E-state index contributed by atoms with van der Waals surface area (Å²) in [7, 11) is 0. The number of hydrogen-bond donors (Lipinski definition) is 4. The molecule has 7 atom stereocenters. The number of H-pyrrole nitrogens is 1. The fraction of sp³-hybridized carbons (Fsp3) is 0.579. The Morgan fingerprint density at radius 2 is 2.00 bits per heavy atom. The van der Waals surface area contributed by atoms with Crippen LogP contribution in [-0.2, 0) is 6.42 Å². The number of piperidine rings is 3. The molecule has 4 aliphatic heterocycles. The second-order valence-corrected chi connectivity index (χ2v) is 7.81. The van der Waals surface area contributed by atoms with Crippen molar-refractivity contribution in [2.24, 2.45) is 17.8 Å². The number of phenols is 1. The normalized spacial score (nSPS) is 40.0. The minimum absolute atomic E-state index is 0.185. The number of nitrogens with zero attached hydrogens (tertiary/aromatic N) is 1. The molecule has 0 amide bonds. The molecule has 0 saturated carbocycles. The first-order valence-electron chi connectivity index (χ1n) is 8.96. The fourth-order valence-corrected chi connectivity index (χ4v) is 5.99. The lowest BCUT2D eigenvalue weighted by molar-refractivity contribution is -0.154. The van der Waals surface area contributed by atoms with Crippen molar-refractivity contribution in [1.82, 2.24) is 9.88 Å². The summed E-state index contributed by atoms with van der Waals surface area (Å²) in [6.07, 6.45) is 1.89. The van der Waals surface area contributed by atoms with Crippen molar-refractivity contribution >= 4 is 10.9 Å². The topological polar surface area (TPSA) is 79.7 Å². The van der Waals surface area contributed by atoms with Crippen molar-refractivity contribution in [3.63, 3.8) is 0 Å². The standard InChI is InChI=1S/C19H24N2O3/c1-9-14(7-22)11-5-18-19-13(6-17(21(9)18)15(11)8-23)12-4-10(24)2-3-16(12)20-19/h2-4,9,11,14-15,17-18,20,22-24H,5-8H2,1H3/t9-,11+,14-,15+,17-,18-/m0/s1.